The van der Waals surface area contributed by atoms with Gasteiger partial charge in [0, 0.05) is 5.71 Å². The molecule has 0 fully saturated rings. The van der Waals surface area contributed by atoms with Crippen molar-refractivity contribution in [1.82, 2.24) is 0 Å². The molecule has 1 N–H and O–H groups in total. The molecule has 0 radical (unpaired) electrons. The lowest BCUT2D eigenvalue weighted by atomic mass is 10.1. The van der Waals surface area contributed by atoms with E-state index in [-0.39, 0.29) is 0 Å². The summed E-state index contributed by atoms with van der Waals surface area (Å²) < 4.78 is 63.1. The second kappa shape index (κ2) is 3.36. The van der Waals surface area contributed by atoms with Crippen LogP contribution in [0.3, 0.4) is 0 Å². The molecule has 0 saturated carbocycles. The van der Waals surface area contributed by atoms with Crippen LogP contribution < -0.4 is 0 Å². The molecule has 0 bridgehead atoms. The molecule has 0 aliphatic rings. The summed E-state index contributed by atoms with van der Waals surface area (Å²) in [6.45, 7) is 0.929. The lowest BCUT2D eigenvalue weighted by Crippen LogP contribution is -2.10. The van der Waals surface area contributed by atoms with Crippen LogP contribution in [0.5, 0.6) is 0 Å². The van der Waals surface area contributed by atoms with Crippen LogP contribution >= 0.6 is 0 Å². The molecule has 6 heteroatoms. The van der Waals surface area contributed by atoms with Gasteiger partial charge in [0.2, 0.25) is 5.82 Å². The molecule has 0 aliphatic heterocycles. The van der Waals surface area contributed by atoms with Gasteiger partial charge in [-0.15, -0.1) is 0 Å². The van der Waals surface area contributed by atoms with E-state index in [9.17, 15) is 22.0 Å². The number of hydrogen-bond donors (Lipinski definition) is 1. The van der Waals surface area contributed by atoms with Gasteiger partial charge in [0.15, 0.2) is 23.3 Å². The molecule has 0 spiro atoms. The van der Waals surface area contributed by atoms with Gasteiger partial charge >= 0.3 is 0 Å². The van der Waals surface area contributed by atoms with Crippen molar-refractivity contribution >= 4 is 5.71 Å². The fourth-order valence-electron chi connectivity index (χ4n) is 0.934. The standard InChI is InChI=1S/C8H4F5N/c1-2(14)3-4(9)6(11)8(13)7(12)5(3)10/h14H,1H3. The molecule has 0 heterocycles. The normalized spacial score (nSPS) is 10.4. The number of rotatable bonds is 1. The van der Waals surface area contributed by atoms with Gasteiger partial charge in [-0.1, -0.05) is 0 Å². The largest absolute Gasteiger partial charge is 0.305 e. The van der Waals surface area contributed by atoms with E-state index in [1.165, 1.54) is 0 Å². The highest BCUT2D eigenvalue weighted by molar-refractivity contribution is 5.96. The molecule has 1 aromatic rings. The van der Waals surface area contributed by atoms with E-state index in [0.29, 0.717) is 0 Å². The van der Waals surface area contributed by atoms with Crippen LogP contribution in [-0.4, -0.2) is 5.71 Å². The summed E-state index contributed by atoms with van der Waals surface area (Å²) >= 11 is 0. The predicted molar refractivity (Wildman–Crippen MR) is 38.7 cm³/mol. The first-order chi connectivity index (χ1) is 6.37. The van der Waals surface area contributed by atoms with Crippen LogP contribution in [0.2, 0.25) is 0 Å². The van der Waals surface area contributed by atoms with Crippen molar-refractivity contribution in [2.75, 3.05) is 0 Å². The quantitative estimate of drug-likeness (QED) is 0.318. The third-order valence-electron chi connectivity index (χ3n) is 1.58. The SMILES string of the molecule is CC(=N)c1c(F)c(F)c(F)c(F)c1F. The summed E-state index contributed by atoms with van der Waals surface area (Å²) in [5.74, 6) is -10.2. The molecular weight excluding hydrogens is 205 g/mol. The highest BCUT2D eigenvalue weighted by atomic mass is 19.2. The molecule has 76 valence electrons. The van der Waals surface area contributed by atoms with Gasteiger partial charge in [0.05, 0.1) is 5.56 Å². The van der Waals surface area contributed by atoms with E-state index >= 15 is 0 Å². The summed E-state index contributed by atoms with van der Waals surface area (Å²) in [4.78, 5) is 0. The Morgan fingerprint density at radius 2 is 1.07 bits per heavy atom. The molecule has 0 aliphatic carbocycles. The molecule has 1 nitrogen and oxygen atoms in total. The zero-order valence-electron chi connectivity index (χ0n) is 6.89. The van der Waals surface area contributed by atoms with Gasteiger partial charge in [-0.3, -0.25) is 0 Å². The number of halogens is 5. The Bertz CT molecular complexity index is 384. The van der Waals surface area contributed by atoms with Crippen molar-refractivity contribution in [2.45, 2.75) is 6.92 Å². The molecule has 1 aromatic carbocycles. The molecule has 1 rings (SSSR count). The van der Waals surface area contributed by atoms with E-state index in [1.54, 1.807) is 0 Å². The summed E-state index contributed by atoms with van der Waals surface area (Å²) in [5.41, 5.74) is -1.92. The van der Waals surface area contributed by atoms with Crippen LogP contribution in [-0.2, 0) is 0 Å². The first kappa shape index (κ1) is 10.6. The number of nitrogens with one attached hydrogen (secondary N) is 1. The molecule has 14 heavy (non-hydrogen) atoms. The number of benzene rings is 1. The van der Waals surface area contributed by atoms with Crippen molar-refractivity contribution in [1.29, 1.82) is 5.41 Å². The monoisotopic (exact) mass is 209 g/mol. The van der Waals surface area contributed by atoms with Crippen molar-refractivity contribution < 1.29 is 22.0 Å². The highest BCUT2D eigenvalue weighted by Crippen LogP contribution is 2.22. The Kier molecular flexibility index (Phi) is 2.55. The zero-order chi connectivity index (χ0) is 11.0. The Morgan fingerprint density at radius 1 is 0.786 bits per heavy atom. The minimum Gasteiger partial charge on any atom is -0.305 e. The van der Waals surface area contributed by atoms with Gasteiger partial charge in [-0.25, -0.2) is 22.0 Å². The topological polar surface area (TPSA) is 23.9 Å². The van der Waals surface area contributed by atoms with E-state index < -0.39 is 40.4 Å². The van der Waals surface area contributed by atoms with Gasteiger partial charge in [0.25, 0.3) is 0 Å². The Labute approximate surface area is 75.7 Å². The maximum absolute atomic E-state index is 12.8. The van der Waals surface area contributed by atoms with E-state index in [2.05, 4.69) is 0 Å². The third kappa shape index (κ3) is 1.36. The van der Waals surface area contributed by atoms with Crippen LogP contribution in [0.15, 0.2) is 0 Å². The Morgan fingerprint density at radius 3 is 1.36 bits per heavy atom. The predicted octanol–water partition coefficient (Wildman–Crippen LogP) is 2.77. The van der Waals surface area contributed by atoms with Crippen LogP contribution in [0, 0.1) is 34.5 Å². The zero-order valence-corrected chi connectivity index (χ0v) is 6.89. The van der Waals surface area contributed by atoms with Crippen molar-refractivity contribution in [2.24, 2.45) is 0 Å². The fourth-order valence-corrected chi connectivity index (χ4v) is 0.934. The smallest absolute Gasteiger partial charge is 0.200 e. The minimum atomic E-state index is -2.22. The summed E-state index contributed by atoms with van der Waals surface area (Å²) in [7, 11) is 0. The van der Waals surface area contributed by atoms with Gasteiger partial charge in [-0.2, -0.15) is 0 Å². The molecule has 0 unspecified atom stereocenters. The van der Waals surface area contributed by atoms with Crippen molar-refractivity contribution in [3.8, 4) is 0 Å². The summed E-state index contributed by atoms with van der Waals surface area (Å²) in [5, 5.41) is 6.85. The first-order valence-corrected chi connectivity index (χ1v) is 3.44. The first-order valence-electron chi connectivity index (χ1n) is 3.44. The second-order valence-electron chi connectivity index (χ2n) is 2.57. The van der Waals surface area contributed by atoms with E-state index in [1.807, 2.05) is 0 Å². The summed E-state index contributed by atoms with van der Waals surface area (Å²) in [6.07, 6.45) is 0. The van der Waals surface area contributed by atoms with E-state index in [0.717, 1.165) is 6.92 Å². The van der Waals surface area contributed by atoms with Crippen LogP contribution in [0.1, 0.15) is 12.5 Å². The maximum Gasteiger partial charge on any atom is 0.200 e. The van der Waals surface area contributed by atoms with Gasteiger partial charge in [-0.05, 0) is 6.92 Å². The van der Waals surface area contributed by atoms with Gasteiger partial charge in [0.1, 0.15) is 0 Å². The highest BCUT2D eigenvalue weighted by Gasteiger charge is 2.26. The molecule has 0 amide bonds. The molecule has 0 aromatic heterocycles. The third-order valence-corrected chi connectivity index (χ3v) is 1.58. The van der Waals surface area contributed by atoms with E-state index in [4.69, 9.17) is 5.41 Å². The maximum atomic E-state index is 12.8. The lowest BCUT2D eigenvalue weighted by Gasteiger charge is -2.05. The van der Waals surface area contributed by atoms with Crippen LogP contribution in [0.25, 0.3) is 0 Å². The van der Waals surface area contributed by atoms with Crippen molar-refractivity contribution in [3.63, 3.8) is 0 Å². The Balaban J connectivity index is 3.68. The summed E-state index contributed by atoms with van der Waals surface area (Å²) in [6, 6.07) is 0. The minimum absolute atomic E-state index is 0.724. The second-order valence-corrected chi connectivity index (χ2v) is 2.57. The van der Waals surface area contributed by atoms with Gasteiger partial charge < -0.3 is 5.41 Å². The average Bonchev–Trinajstić information content (AvgIpc) is 2.11. The lowest BCUT2D eigenvalue weighted by molar-refractivity contribution is 0.377. The number of hydrogen-bond acceptors (Lipinski definition) is 1. The average molecular weight is 209 g/mol. The van der Waals surface area contributed by atoms with Crippen molar-refractivity contribution in [3.05, 3.63) is 34.6 Å². The molecular formula is C8H4F5N. The molecule has 0 saturated heterocycles. The Hall–Kier alpha value is -1.46. The van der Waals surface area contributed by atoms with Crippen LogP contribution in [0.4, 0.5) is 22.0 Å². The fraction of sp³-hybridized carbons (Fsp3) is 0.125. The molecule has 0 atom stereocenters.